The molecule has 0 aliphatic rings. The number of aromatic nitrogens is 1. The van der Waals surface area contributed by atoms with Gasteiger partial charge in [-0.1, -0.05) is 29.8 Å². The fraction of sp³-hybridized carbons (Fsp3) is 0.158. The molecule has 0 aliphatic carbocycles. The van der Waals surface area contributed by atoms with E-state index in [-0.39, 0.29) is 18.4 Å². The van der Waals surface area contributed by atoms with Gasteiger partial charge >= 0.3 is 0 Å². The summed E-state index contributed by atoms with van der Waals surface area (Å²) in [5.74, 6) is 0.0263. The number of ether oxygens (including phenoxy) is 1. The fourth-order valence-electron chi connectivity index (χ4n) is 2.49. The maximum atomic E-state index is 12.5. The highest BCUT2D eigenvalue weighted by Gasteiger charge is 2.16. The molecule has 3 aromatic rings. The average Bonchev–Trinajstić information content (AvgIpc) is 2.99. The summed E-state index contributed by atoms with van der Waals surface area (Å²) in [6.45, 7) is 2.35. The Morgan fingerprint density at radius 2 is 1.85 bits per heavy atom. The number of H-pyrrole nitrogens is 1. The largest absolute Gasteiger partial charge is 0.484 e. The van der Waals surface area contributed by atoms with Crippen molar-refractivity contribution < 1.29 is 14.3 Å². The minimum atomic E-state index is -0.331. The van der Waals surface area contributed by atoms with Crippen molar-refractivity contribution in [3.05, 3.63) is 59.2 Å². The van der Waals surface area contributed by atoms with Gasteiger partial charge in [-0.15, -0.1) is 0 Å². The van der Waals surface area contributed by atoms with Gasteiger partial charge in [0.15, 0.2) is 6.61 Å². The molecule has 2 amide bonds. The van der Waals surface area contributed by atoms with Crippen LogP contribution in [0.5, 0.6) is 5.75 Å². The molecule has 0 unspecified atom stereocenters. The summed E-state index contributed by atoms with van der Waals surface area (Å²) in [5.41, 5.74) is 1.70. The second kappa shape index (κ2) is 7.93. The molecule has 0 bridgehead atoms. The zero-order chi connectivity index (χ0) is 18.5. The number of halogens is 1. The van der Waals surface area contributed by atoms with E-state index in [4.69, 9.17) is 16.3 Å². The highest BCUT2D eigenvalue weighted by Crippen LogP contribution is 2.28. The molecule has 134 valence electrons. The predicted octanol–water partition coefficient (Wildman–Crippen LogP) is 3.59. The number of anilines is 1. The first-order valence-corrected chi connectivity index (χ1v) is 8.53. The Balaban J connectivity index is 1.65. The van der Waals surface area contributed by atoms with Crippen molar-refractivity contribution in [3.63, 3.8) is 0 Å². The van der Waals surface area contributed by atoms with Crippen LogP contribution in [0.3, 0.4) is 0 Å². The van der Waals surface area contributed by atoms with E-state index in [1.807, 2.05) is 31.2 Å². The Morgan fingerprint density at radius 1 is 1.12 bits per heavy atom. The third-order valence-electron chi connectivity index (χ3n) is 3.73. The molecule has 2 aromatic carbocycles. The molecule has 26 heavy (non-hydrogen) atoms. The van der Waals surface area contributed by atoms with E-state index in [9.17, 15) is 9.59 Å². The lowest BCUT2D eigenvalue weighted by Gasteiger charge is -2.08. The van der Waals surface area contributed by atoms with Gasteiger partial charge in [-0.05, 0) is 37.3 Å². The summed E-state index contributed by atoms with van der Waals surface area (Å²) >= 11 is 6.29. The predicted molar refractivity (Wildman–Crippen MR) is 102 cm³/mol. The van der Waals surface area contributed by atoms with Crippen molar-refractivity contribution in [2.45, 2.75) is 6.92 Å². The number of nitrogens with one attached hydrogen (secondary N) is 3. The zero-order valence-electron chi connectivity index (χ0n) is 14.1. The lowest BCUT2D eigenvalue weighted by atomic mass is 10.2. The maximum absolute atomic E-state index is 12.5. The molecule has 0 aliphatic heterocycles. The molecule has 6 nitrogen and oxygen atoms in total. The molecule has 7 heteroatoms. The van der Waals surface area contributed by atoms with Crippen molar-refractivity contribution in [2.75, 3.05) is 18.5 Å². The topological polar surface area (TPSA) is 83.2 Å². The van der Waals surface area contributed by atoms with Crippen molar-refractivity contribution >= 4 is 40.0 Å². The average molecular weight is 372 g/mol. The Kier molecular flexibility index (Phi) is 5.43. The van der Waals surface area contributed by atoms with Crippen LogP contribution in [-0.4, -0.2) is 29.9 Å². The number of fused-ring (bicyclic) bond motifs is 1. The van der Waals surface area contributed by atoms with E-state index in [0.717, 1.165) is 10.9 Å². The van der Waals surface area contributed by atoms with Crippen LogP contribution in [-0.2, 0) is 4.79 Å². The van der Waals surface area contributed by atoms with Crippen LogP contribution in [0.25, 0.3) is 10.9 Å². The third-order valence-corrected chi connectivity index (χ3v) is 4.12. The smallest absolute Gasteiger partial charge is 0.273 e. The van der Waals surface area contributed by atoms with Crippen molar-refractivity contribution in [1.82, 2.24) is 10.3 Å². The number of aromatic amines is 1. The Morgan fingerprint density at radius 3 is 2.54 bits per heavy atom. The van der Waals surface area contributed by atoms with Gasteiger partial charge in [-0.25, -0.2) is 0 Å². The number of rotatable bonds is 6. The van der Waals surface area contributed by atoms with E-state index in [1.54, 1.807) is 24.3 Å². The van der Waals surface area contributed by atoms with E-state index in [1.165, 1.54) is 0 Å². The number of carbonyl (C=O) groups excluding carboxylic acids is 2. The third kappa shape index (κ3) is 3.97. The van der Waals surface area contributed by atoms with Crippen LogP contribution in [0.2, 0.25) is 5.02 Å². The number of para-hydroxylation sites is 1. The highest BCUT2D eigenvalue weighted by molar-refractivity contribution is 6.39. The van der Waals surface area contributed by atoms with E-state index < -0.39 is 0 Å². The first-order chi connectivity index (χ1) is 12.6. The monoisotopic (exact) mass is 371 g/mol. The number of amides is 2. The Labute approximate surface area is 155 Å². The molecule has 0 spiro atoms. The van der Waals surface area contributed by atoms with Gasteiger partial charge in [-0.2, -0.15) is 0 Å². The first-order valence-electron chi connectivity index (χ1n) is 8.15. The van der Waals surface area contributed by atoms with Crippen molar-refractivity contribution in [3.8, 4) is 5.75 Å². The van der Waals surface area contributed by atoms with Crippen LogP contribution >= 0.6 is 11.6 Å². The van der Waals surface area contributed by atoms with Gasteiger partial charge in [0, 0.05) is 23.1 Å². The van der Waals surface area contributed by atoms with Gasteiger partial charge in [-0.3, -0.25) is 9.59 Å². The lowest BCUT2D eigenvalue weighted by Crippen LogP contribution is -2.28. The molecule has 0 saturated carbocycles. The summed E-state index contributed by atoms with van der Waals surface area (Å²) in [5, 5.41) is 6.62. The molecular formula is C19H18ClN3O3. The fourth-order valence-corrected chi connectivity index (χ4v) is 2.79. The summed E-state index contributed by atoms with van der Waals surface area (Å²) in [4.78, 5) is 26.9. The normalized spacial score (nSPS) is 10.5. The number of hydrogen-bond acceptors (Lipinski definition) is 3. The second-order valence-corrected chi connectivity index (χ2v) is 5.96. The minimum Gasteiger partial charge on any atom is -0.484 e. The summed E-state index contributed by atoms with van der Waals surface area (Å²) < 4.78 is 5.37. The Bertz CT molecular complexity index is 935. The molecule has 1 aromatic heterocycles. The second-order valence-electron chi connectivity index (χ2n) is 5.58. The Hall–Kier alpha value is -2.99. The SMILES string of the molecule is CCNC(=O)COc1ccc(NC(=O)c2[nH]c3ccccc3c2Cl)cc1. The molecule has 3 N–H and O–H groups in total. The number of likely N-dealkylation sites (N-methyl/N-ethyl adjacent to an activating group) is 1. The van der Waals surface area contributed by atoms with E-state index >= 15 is 0 Å². The first kappa shape index (κ1) is 17.8. The van der Waals surface area contributed by atoms with Crippen LogP contribution in [0.1, 0.15) is 17.4 Å². The van der Waals surface area contributed by atoms with Crippen molar-refractivity contribution in [1.29, 1.82) is 0 Å². The van der Waals surface area contributed by atoms with Gasteiger partial charge in [0.05, 0.1) is 5.02 Å². The number of hydrogen-bond donors (Lipinski definition) is 3. The van der Waals surface area contributed by atoms with Crippen LogP contribution in [0.15, 0.2) is 48.5 Å². The summed E-state index contributed by atoms with van der Waals surface area (Å²) in [7, 11) is 0. The summed E-state index contributed by atoms with van der Waals surface area (Å²) in [6.07, 6.45) is 0. The van der Waals surface area contributed by atoms with Gasteiger partial charge in [0.1, 0.15) is 11.4 Å². The molecule has 1 heterocycles. The van der Waals surface area contributed by atoms with E-state index in [2.05, 4.69) is 15.6 Å². The van der Waals surface area contributed by atoms with Crippen molar-refractivity contribution in [2.24, 2.45) is 0 Å². The van der Waals surface area contributed by atoms with E-state index in [0.29, 0.717) is 28.7 Å². The molecule has 0 saturated heterocycles. The van der Waals surface area contributed by atoms with Gasteiger partial charge in [0.2, 0.25) is 0 Å². The zero-order valence-corrected chi connectivity index (χ0v) is 14.9. The lowest BCUT2D eigenvalue weighted by molar-refractivity contribution is -0.122. The summed E-state index contributed by atoms with van der Waals surface area (Å²) in [6, 6.07) is 14.2. The van der Waals surface area contributed by atoms with Crippen LogP contribution in [0, 0.1) is 0 Å². The molecular weight excluding hydrogens is 354 g/mol. The molecule has 0 atom stereocenters. The van der Waals surface area contributed by atoms with Crippen LogP contribution < -0.4 is 15.4 Å². The standard InChI is InChI=1S/C19H18ClN3O3/c1-2-21-16(24)11-26-13-9-7-12(8-10-13)22-19(25)18-17(20)14-5-3-4-6-15(14)23-18/h3-10,23H,2,11H2,1H3,(H,21,24)(H,22,25). The molecule has 0 radical (unpaired) electrons. The van der Waals surface area contributed by atoms with Gasteiger partial charge in [0.25, 0.3) is 11.8 Å². The number of carbonyl (C=O) groups is 2. The van der Waals surface area contributed by atoms with Crippen LogP contribution in [0.4, 0.5) is 5.69 Å². The quantitative estimate of drug-likeness (QED) is 0.619. The maximum Gasteiger partial charge on any atom is 0.273 e. The molecule has 3 rings (SSSR count). The highest BCUT2D eigenvalue weighted by atomic mass is 35.5. The molecule has 0 fully saturated rings. The van der Waals surface area contributed by atoms with Gasteiger partial charge < -0.3 is 20.4 Å². The minimum absolute atomic E-state index is 0.0514. The number of benzene rings is 2.